The first-order chi connectivity index (χ1) is 12.9. The molecule has 0 bridgehead atoms. The second-order valence-electron chi connectivity index (χ2n) is 5.37. The van der Waals surface area contributed by atoms with Crippen LogP contribution in [0, 0.1) is 0 Å². The van der Waals surface area contributed by atoms with Gasteiger partial charge in [-0.05, 0) is 48.5 Å². The summed E-state index contributed by atoms with van der Waals surface area (Å²) in [6, 6.07) is 15.1. The van der Waals surface area contributed by atoms with Gasteiger partial charge in [0, 0.05) is 11.1 Å². The number of nitrogens with zero attached hydrogens (tertiary/aromatic N) is 6. The summed E-state index contributed by atoms with van der Waals surface area (Å²) in [6.07, 6.45) is 0. The van der Waals surface area contributed by atoms with Gasteiger partial charge >= 0.3 is 0 Å². The van der Waals surface area contributed by atoms with Crippen molar-refractivity contribution in [3.05, 3.63) is 59.7 Å². The molecule has 0 atom stereocenters. The average molecular weight is 348 g/mol. The van der Waals surface area contributed by atoms with E-state index in [9.17, 15) is 0 Å². The van der Waals surface area contributed by atoms with E-state index >= 15 is 0 Å². The molecule has 2 aliphatic rings. The first-order valence-corrected chi connectivity index (χ1v) is 7.99. The largest absolute Gasteiger partial charge is 0.292 e. The number of hydrogen-bond donors (Lipinski definition) is 4. The monoisotopic (exact) mass is 348 g/mol. The van der Waals surface area contributed by atoms with Crippen LogP contribution in [0.25, 0.3) is 0 Å². The predicted molar refractivity (Wildman–Crippen MR) is 96.7 cm³/mol. The fourth-order valence-corrected chi connectivity index (χ4v) is 2.31. The molecule has 0 saturated heterocycles. The molecule has 0 spiro atoms. The van der Waals surface area contributed by atoms with Crippen molar-refractivity contribution in [3.63, 3.8) is 0 Å². The first kappa shape index (κ1) is 16.0. The summed E-state index contributed by atoms with van der Waals surface area (Å²) in [4.78, 5) is 0. The van der Waals surface area contributed by atoms with Crippen molar-refractivity contribution in [2.45, 2.75) is 0 Å². The molecule has 4 rings (SSSR count). The summed E-state index contributed by atoms with van der Waals surface area (Å²) in [6.45, 7) is 1.06. The highest BCUT2D eigenvalue weighted by Crippen LogP contribution is 2.19. The minimum absolute atomic E-state index is 0.531. The van der Waals surface area contributed by atoms with Crippen LogP contribution in [-0.2, 0) is 0 Å². The highest BCUT2D eigenvalue weighted by atomic mass is 15.5. The van der Waals surface area contributed by atoms with E-state index in [1.807, 2.05) is 48.5 Å². The maximum absolute atomic E-state index is 4.25. The van der Waals surface area contributed by atoms with E-state index < -0.39 is 0 Å². The smallest absolute Gasteiger partial charge is 0.192 e. The third-order valence-corrected chi connectivity index (χ3v) is 3.59. The highest BCUT2D eigenvalue weighted by Gasteiger charge is 2.09. The van der Waals surface area contributed by atoms with Crippen molar-refractivity contribution in [3.8, 4) is 0 Å². The Hall–Kier alpha value is -3.50. The lowest BCUT2D eigenvalue weighted by Gasteiger charge is -2.13. The van der Waals surface area contributed by atoms with Crippen molar-refractivity contribution in [2.24, 2.45) is 20.4 Å². The molecule has 0 fully saturated rings. The van der Waals surface area contributed by atoms with Gasteiger partial charge in [0.15, 0.2) is 11.7 Å². The van der Waals surface area contributed by atoms with Gasteiger partial charge in [-0.25, -0.2) is 0 Å². The van der Waals surface area contributed by atoms with E-state index in [2.05, 4.69) is 53.0 Å². The van der Waals surface area contributed by atoms with Crippen molar-refractivity contribution >= 4 is 23.0 Å². The molecule has 0 amide bonds. The third-order valence-electron chi connectivity index (χ3n) is 3.59. The Balaban J connectivity index is 1.42. The van der Waals surface area contributed by atoms with Crippen LogP contribution in [-0.4, -0.2) is 25.0 Å². The van der Waals surface area contributed by atoms with Gasteiger partial charge in [0.2, 0.25) is 0 Å². The zero-order valence-electron chi connectivity index (χ0n) is 13.7. The summed E-state index contributed by atoms with van der Waals surface area (Å²) >= 11 is 0. The van der Waals surface area contributed by atoms with E-state index in [4.69, 9.17) is 0 Å². The molecule has 2 heterocycles. The Morgan fingerprint density at radius 2 is 1.00 bits per heavy atom. The Labute approximate surface area is 149 Å². The van der Waals surface area contributed by atoms with Gasteiger partial charge in [0.1, 0.15) is 13.3 Å². The van der Waals surface area contributed by atoms with Crippen molar-refractivity contribution in [1.29, 1.82) is 0 Å². The van der Waals surface area contributed by atoms with Crippen LogP contribution in [0.1, 0.15) is 11.1 Å². The molecule has 10 nitrogen and oxygen atoms in total. The Bertz CT molecular complexity index is 767. The molecule has 130 valence electrons. The Morgan fingerprint density at radius 1 is 0.577 bits per heavy atom. The van der Waals surface area contributed by atoms with Crippen molar-refractivity contribution in [2.75, 3.05) is 13.3 Å². The number of amidine groups is 2. The van der Waals surface area contributed by atoms with Gasteiger partial charge in [-0.2, -0.15) is 42.1 Å². The average Bonchev–Trinajstić information content (AvgIpc) is 2.74. The molecule has 0 unspecified atom stereocenters. The molecule has 0 aliphatic carbocycles. The first-order valence-electron chi connectivity index (χ1n) is 7.99. The van der Waals surface area contributed by atoms with E-state index in [-0.39, 0.29) is 0 Å². The number of rotatable bonds is 4. The van der Waals surface area contributed by atoms with Crippen LogP contribution >= 0.6 is 0 Å². The molecule has 26 heavy (non-hydrogen) atoms. The molecular weight excluding hydrogens is 332 g/mol. The maximum Gasteiger partial charge on any atom is 0.192 e. The standard InChI is InChI=1S/C16H16N10/c1-5-13(6-2-11(1)15-23-17-9-18-24-15)21-22-14-7-3-12(4-8-14)16-25-19-10-20-26-16/h1-8,17-20H,9-10H2. The van der Waals surface area contributed by atoms with E-state index in [0.717, 1.165) is 22.5 Å². The topological polar surface area (TPSA) is 126 Å². The summed E-state index contributed by atoms with van der Waals surface area (Å²) in [5.74, 6) is 1.21. The summed E-state index contributed by atoms with van der Waals surface area (Å²) in [5.41, 5.74) is 22.9. The molecule has 10 heteroatoms. The van der Waals surface area contributed by atoms with Crippen LogP contribution in [0.15, 0.2) is 69.0 Å². The van der Waals surface area contributed by atoms with Gasteiger partial charge in [-0.3, -0.25) is 10.9 Å². The van der Waals surface area contributed by atoms with Crippen LogP contribution in [0.2, 0.25) is 0 Å². The fourth-order valence-electron chi connectivity index (χ4n) is 2.31. The highest BCUT2D eigenvalue weighted by molar-refractivity contribution is 5.99. The van der Waals surface area contributed by atoms with Gasteiger partial charge in [0.25, 0.3) is 0 Å². The molecule has 2 aromatic carbocycles. The van der Waals surface area contributed by atoms with Crippen LogP contribution in [0.5, 0.6) is 0 Å². The molecule has 4 N–H and O–H groups in total. The fraction of sp³-hybridized carbons (Fsp3) is 0.125. The van der Waals surface area contributed by atoms with E-state index in [1.165, 1.54) is 0 Å². The zero-order chi connectivity index (χ0) is 17.6. The second-order valence-corrected chi connectivity index (χ2v) is 5.37. The number of nitrogens with one attached hydrogen (secondary N) is 4. The molecule has 0 aromatic heterocycles. The number of azo groups is 1. The number of hydrazone groups is 2. The SMILES string of the molecule is c1cc(C2=NNCN[N]2)ccc1N=Nc1ccc(C2=NNCN[N]2)cc1. The van der Waals surface area contributed by atoms with Crippen molar-refractivity contribution < 1.29 is 0 Å². The van der Waals surface area contributed by atoms with Gasteiger partial charge < -0.3 is 0 Å². The normalized spacial score (nSPS) is 16.6. The lowest BCUT2D eigenvalue weighted by Crippen LogP contribution is -2.42. The zero-order valence-corrected chi connectivity index (χ0v) is 13.7. The van der Waals surface area contributed by atoms with Gasteiger partial charge in [-0.15, -0.1) is 0 Å². The predicted octanol–water partition coefficient (Wildman–Crippen LogP) is 0.765. The molecule has 0 saturated carbocycles. The Kier molecular flexibility index (Phi) is 4.67. The van der Waals surface area contributed by atoms with Crippen LogP contribution in [0.4, 0.5) is 11.4 Å². The quantitative estimate of drug-likeness (QED) is 0.609. The van der Waals surface area contributed by atoms with E-state index in [0.29, 0.717) is 25.0 Å². The molecule has 2 aliphatic heterocycles. The minimum Gasteiger partial charge on any atom is -0.292 e. The molecule has 2 aromatic rings. The van der Waals surface area contributed by atoms with Crippen LogP contribution in [0.3, 0.4) is 0 Å². The summed E-state index contributed by atoms with van der Waals surface area (Å²) in [5, 5.41) is 16.8. The van der Waals surface area contributed by atoms with Crippen molar-refractivity contribution in [1.82, 2.24) is 32.6 Å². The second kappa shape index (κ2) is 7.59. The van der Waals surface area contributed by atoms with Gasteiger partial charge in [-0.1, -0.05) is 0 Å². The number of benzene rings is 2. The number of hydrogen-bond acceptors (Lipinski definition) is 8. The van der Waals surface area contributed by atoms with Gasteiger partial charge in [0.05, 0.1) is 11.4 Å². The lowest BCUT2D eigenvalue weighted by atomic mass is 10.2. The maximum atomic E-state index is 4.25. The lowest BCUT2D eigenvalue weighted by molar-refractivity contribution is 0.533. The minimum atomic E-state index is 0.531. The van der Waals surface area contributed by atoms with E-state index in [1.54, 1.807) is 0 Å². The summed E-state index contributed by atoms with van der Waals surface area (Å²) in [7, 11) is 0. The third kappa shape index (κ3) is 3.77. The summed E-state index contributed by atoms with van der Waals surface area (Å²) < 4.78 is 0. The molecular formula is C16H16N10. The van der Waals surface area contributed by atoms with Crippen LogP contribution < -0.4 is 32.6 Å². The molecule has 2 radical (unpaired) electrons. The Morgan fingerprint density at radius 3 is 1.35 bits per heavy atom.